The van der Waals surface area contributed by atoms with Crippen molar-refractivity contribution < 1.29 is 14.4 Å². The second-order valence-electron chi connectivity index (χ2n) is 2.91. The molecule has 0 aliphatic heterocycles. The first kappa shape index (κ1) is 11.1. The highest BCUT2D eigenvalue weighted by molar-refractivity contribution is 4.94. The Morgan fingerprint density at radius 2 is 2.36 bits per heavy atom. The Hall–Kier alpha value is -0.980. The third-order valence-electron chi connectivity index (χ3n) is 1.91. The second kappa shape index (κ2) is 5.04. The summed E-state index contributed by atoms with van der Waals surface area (Å²) >= 11 is 0. The van der Waals surface area contributed by atoms with Gasteiger partial charge in [0.05, 0.1) is 6.61 Å². The van der Waals surface area contributed by atoms with Crippen molar-refractivity contribution in [1.29, 1.82) is 0 Å². The zero-order valence-electron chi connectivity index (χ0n) is 8.30. The number of hydrogen-bond donors (Lipinski definition) is 2. The number of hydrogen-bond acceptors (Lipinski definition) is 6. The molecule has 2 atom stereocenters. The van der Waals surface area contributed by atoms with Gasteiger partial charge in [-0.25, -0.2) is 0 Å². The molecule has 1 rings (SSSR count). The molecule has 6 nitrogen and oxygen atoms in total. The van der Waals surface area contributed by atoms with E-state index >= 15 is 0 Å². The lowest BCUT2D eigenvalue weighted by Gasteiger charge is -2.06. The van der Waals surface area contributed by atoms with Gasteiger partial charge in [0.1, 0.15) is 12.1 Å². The fourth-order valence-corrected chi connectivity index (χ4v) is 1.06. The average Bonchev–Trinajstić information content (AvgIpc) is 2.68. The van der Waals surface area contributed by atoms with Gasteiger partial charge in [-0.1, -0.05) is 12.1 Å². The SMILES string of the molecule is CCC(OC)c1noc([C@@H](N)CO)n1. The van der Waals surface area contributed by atoms with Gasteiger partial charge in [-0.05, 0) is 6.42 Å². The number of methoxy groups -OCH3 is 1. The van der Waals surface area contributed by atoms with E-state index in [4.69, 9.17) is 20.1 Å². The van der Waals surface area contributed by atoms with Gasteiger partial charge in [0.2, 0.25) is 11.7 Å². The van der Waals surface area contributed by atoms with Crippen LogP contribution < -0.4 is 5.73 Å². The summed E-state index contributed by atoms with van der Waals surface area (Å²) in [5, 5.41) is 12.5. The smallest absolute Gasteiger partial charge is 0.246 e. The second-order valence-corrected chi connectivity index (χ2v) is 2.91. The predicted octanol–water partition coefficient (Wildman–Crippen LogP) is 0.159. The predicted molar refractivity (Wildman–Crippen MR) is 48.4 cm³/mol. The highest BCUT2D eigenvalue weighted by atomic mass is 16.5. The van der Waals surface area contributed by atoms with Crippen molar-refractivity contribution in [2.45, 2.75) is 25.5 Å². The largest absolute Gasteiger partial charge is 0.394 e. The zero-order valence-corrected chi connectivity index (χ0v) is 8.30. The van der Waals surface area contributed by atoms with E-state index in [-0.39, 0.29) is 18.6 Å². The van der Waals surface area contributed by atoms with Crippen molar-refractivity contribution in [3.05, 3.63) is 11.7 Å². The molecule has 3 N–H and O–H groups in total. The molecule has 0 aliphatic carbocycles. The maximum atomic E-state index is 8.77. The van der Waals surface area contributed by atoms with E-state index in [1.54, 1.807) is 7.11 Å². The molecule has 1 aromatic heterocycles. The molecule has 0 radical (unpaired) electrons. The topological polar surface area (TPSA) is 94.4 Å². The minimum absolute atomic E-state index is 0.182. The summed E-state index contributed by atoms with van der Waals surface area (Å²) in [6.07, 6.45) is 0.572. The van der Waals surface area contributed by atoms with Crippen LogP contribution >= 0.6 is 0 Å². The van der Waals surface area contributed by atoms with Gasteiger partial charge in [0.15, 0.2) is 0 Å². The number of ether oxygens (including phenoxy) is 1. The molecular weight excluding hydrogens is 186 g/mol. The standard InChI is InChI=1S/C8H15N3O3/c1-3-6(13-2)7-10-8(14-11-7)5(9)4-12/h5-6,12H,3-4,9H2,1-2H3/t5-,6?/m0/s1. The van der Waals surface area contributed by atoms with E-state index in [2.05, 4.69) is 10.1 Å². The molecule has 0 fully saturated rings. The van der Waals surface area contributed by atoms with Crippen LogP contribution in [0.4, 0.5) is 0 Å². The van der Waals surface area contributed by atoms with Crippen molar-refractivity contribution in [2.75, 3.05) is 13.7 Å². The Labute approximate surface area is 82.1 Å². The minimum atomic E-state index is -0.620. The van der Waals surface area contributed by atoms with E-state index in [0.29, 0.717) is 5.82 Å². The van der Waals surface area contributed by atoms with Crippen LogP contribution in [0.15, 0.2) is 4.52 Å². The summed E-state index contributed by atoms with van der Waals surface area (Å²) in [5.74, 6) is 0.701. The van der Waals surface area contributed by atoms with Crippen LogP contribution in [0, 0.1) is 0 Å². The lowest BCUT2D eigenvalue weighted by molar-refractivity contribution is 0.0903. The number of rotatable bonds is 5. The summed E-state index contributed by atoms with van der Waals surface area (Å²) in [6.45, 7) is 1.74. The van der Waals surface area contributed by atoms with E-state index < -0.39 is 6.04 Å². The third kappa shape index (κ3) is 2.28. The third-order valence-corrected chi connectivity index (χ3v) is 1.91. The molecular formula is C8H15N3O3. The zero-order chi connectivity index (χ0) is 10.6. The Bertz CT molecular complexity index is 273. The number of aliphatic hydroxyl groups is 1. The lowest BCUT2D eigenvalue weighted by Crippen LogP contribution is -2.15. The van der Waals surface area contributed by atoms with Gasteiger partial charge in [0, 0.05) is 7.11 Å². The first-order valence-electron chi connectivity index (χ1n) is 4.45. The van der Waals surface area contributed by atoms with E-state index in [0.717, 1.165) is 6.42 Å². The molecule has 0 saturated carbocycles. The summed E-state index contributed by atoms with van der Waals surface area (Å²) in [6, 6.07) is -0.620. The molecule has 0 aromatic carbocycles. The van der Waals surface area contributed by atoms with E-state index in [1.807, 2.05) is 6.92 Å². The maximum Gasteiger partial charge on any atom is 0.246 e. The van der Waals surface area contributed by atoms with Gasteiger partial charge in [0.25, 0.3) is 0 Å². The van der Waals surface area contributed by atoms with Gasteiger partial charge in [-0.3, -0.25) is 0 Å². The first-order valence-corrected chi connectivity index (χ1v) is 4.45. The van der Waals surface area contributed by atoms with Crippen molar-refractivity contribution in [2.24, 2.45) is 5.73 Å². The Morgan fingerprint density at radius 1 is 1.64 bits per heavy atom. The van der Waals surface area contributed by atoms with Crippen LogP contribution in [0.2, 0.25) is 0 Å². The van der Waals surface area contributed by atoms with Gasteiger partial charge < -0.3 is 20.1 Å². The van der Waals surface area contributed by atoms with Crippen LogP contribution in [0.5, 0.6) is 0 Å². The Morgan fingerprint density at radius 3 is 2.86 bits per heavy atom. The van der Waals surface area contributed by atoms with Gasteiger partial charge >= 0.3 is 0 Å². The first-order chi connectivity index (χ1) is 6.72. The monoisotopic (exact) mass is 201 g/mol. The normalized spacial score (nSPS) is 15.4. The molecule has 14 heavy (non-hydrogen) atoms. The molecule has 1 aromatic rings. The number of aromatic nitrogens is 2. The number of nitrogens with zero attached hydrogens (tertiary/aromatic N) is 2. The number of nitrogens with two attached hydrogens (primary N) is 1. The lowest BCUT2D eigenvalue weighted by atomic mass is 10.2. The van der Waals surface area contributed by atoms with Crippen LogP contribution in [0.3, 0.4) is 0 Å². The molecule has 0 bridgehead atoms. The molecule has 0 spiro atoms. The molecule has 1 heterocycles. The number of aliphatic hydroxyl groups excluding tert-OH is 1. The van der Waals surface area contributed by atoms with Crippen LogP contribution in [0.25, 0.3) is 0 Å². The molecule has 80 valence electrons. The van der Waals surface area contributed by atoms with E-state index in [1.165, 1.54) is 0 Å². The highest BCUT2D eigenvalue weighted by Crippen LogP contribution is 2.18. The minimum Gasteiger partial charge on any atom is -0.394 e. The summed E-state index contributed by atoms with van der Waals surface area (Å²) < 4.78 is 10.00. The summed E-state index contributed by atoms with van der Waals surface area (Å²) in [7, 11) is 1.58. The van der Waals surface area contributed by atoms with Crippen LogP contribution in [-0.2, 0) is 4.74 Å². The van der Waals surface area contributed by atoms with Crippen LogP contribution in [0.1, 0.15) is 37.2 Å². The molecule has 0 aliphatic rings. The Kier molecular flexibility index (Phi) is 3.99. The fraction of sp³-hybridized carbons (Fsp3) is 0.750. The average molecular weight is 201 g/mol. The summed E-state index contributed by atoms with van der Waals surface area (Å²) in [5.41, 5.74) is 5.50. The molecule has 1 unspecified atom stereocenters. The molecule has 0 amide bonds. The van der Waals surface area contributed by atoms with Crippen molar-refractivity contribution >= 4 is 0 Å². The maximum absolute atomic E-state index is 8.77. The van der Waals surface area contributed by atoms with Crippen LogP contribution in [-0.4, -0.2) is 29.0 Å². The summed E-state index contributed by atoms with van der Waals surface area (Å²) in [4.78, 5) is 4.04. The molecule has 0 saturated heterocycles. The quantitative estimate of drug-likeness (QED) is 0.704. The van der Waals surface area contributed by atoms with Gasteiger partial charge in [-0.2, -0.15) is 4.98 Å². The highest BCUT2D eigenvalue weighted by Gasteiger charge is 2.18. The van der Waals surface area contributed by atoms with Gasteiger partial charge in [-0.15, -0.1) is 0 Å². The van der Waals surface area contributed by atoms with Crippen molar-refractivity contribution in [1.82, 2.24) is 10.1 Å². The molecule has 6 heteroatoms. The van der Waals surface area contributed by atoms with Crippen molar-refractivity contribution in [3.8, 4) is 0 Å². The van der Waals surface area contributed by atoms with Crippen molar-refractivity contribution in [3.63, 3.8) is 0 Å². The Balaban J connectivity index is 2.76. The fourth-order valence-electron chi connectivity index (χ4n) is 1.06. The van der Waals surface area contributed by atoms with E-state index in [9.17, 15) is 0 Å².